The number of carbonyl (C=O) groups is 1. The van der Waals surface area contributed by atoms with Gasteiger partial charge in [-0.25, -0.2) is 0 Å². The smallest absolute Gasteiger partial charge is 0.185 e. The van der Waals surface area contributed by atoms with Gasteiger partial charge in [-0.1, -0.05) is 30.3 Å². The summed E-state index contributed by atoms with van der Waals surface area (Å²) in [6.45, 7) is 3.12. The number of benzene rings is 2. The van der Waals surface area contributed by atoms with Crippen LogP contribution in [0.25, 0.3) is 6.08 Å². The van der Waals surface area contributed by atoms with Crippen molar-refractivity contribution in [1.29, 1.82) is 0 Å². The Morgan fingerprint density at radius 3 is 2.65 bits per heavy atom. The largest absolute Gasteiger partial charge is 0.508 e. The summed E-state index contributed by atoms with van der Waals surface area (Å²) < 4.78 is 5.36. The molecule has 0 radical (unpaired) electrons. The highest BCUT2D eigenvalue weighted by Crippen LogP contribution is 2.19. The van der Waals surface area contributed by atoms with Crippen LogP contribution in [0.4, 0.5) is 5.69 Å². The van der Waals surface area contributed by atoms with E-state index in [2.05, 4.69) is 4.90 Å². The van der Waals surface area contributed by atoms with E-state index in [-0.39, 0.29) is 11.5 Å². The molecule has 1 saturated heterocycles. The second-order valence-corrected chi connectivity index (χ2v) is 5.44. The summed E-state index contributed by atoms with van der Waals surface area (Å²) >= 11 is 0. The minimum absolute atomic E-state index is 0.0524. The highest BCUT2D eigenvalue weighted by molar-refractivity contribution is 6.07. The number of ketones is 1. The number of phenols is 1. The summed E-state index contributed by atoms with van der Waals surface area (Å²) in [5.41, 5.74) is 2.50. The van der Waals surface area contributed by atoms with Crippen molar-refractivity contribution in [3.05, 3.63) is 65.7 Å². The molecule has 23 heavy (non-hydrogen) atoms. The van der Waals surface area contributed by atoms with Crippen LogP contribution in [0.1, 0.15) is 15.9 Å². The van der Waals surface area contributed by atoms with Crippen molar-refractivity contribution in [2.45, 2.75) is 0 Å². The predicted octanol–water partition coefficient (Wildman–Crippen LogP) is 3.12. The summed E-state index contributed by atoms with van der Waals surface area (Å²) in [6, 6.07) is 14.5. The molecule has 0 saturated carbocycles. The van der Waals surface area contributed by atoms with E-state index < -0.39 is 0 Å². The number of rotatable bonds is 4. The van der Waals surface area contributed by atoms with E-state index in [1.807, 2.05) is 30.3 Å². The Bertz CT molecular complexity index is 718. The van der Waals surface area contributed by atoms with E-state index >= 15 is 0 Å². The highest BCUT2D eigenvalue weighted by atomic mass is 16.5. The number of morpholine rings is 1. The SMILES string of the molecule is O=C(/C=C/c1cccc(O)c1)c1cccc(N2CCOCC2)c1. The molecular weight excluding hydrogens is 290 g/mol. The quantitative estimate of drug-likeness (QED) is 0.696. The molecule has 3 rings (SSSR count). The van der Waals surface area contributed by atoms with Gasteiger partial charge in [-0.05, 0) is 35.9 Å². The lowest BCUT2D eigenvalue weighted by molar-refractivity contribution is 0.104. The number of phenolic OH excluding ortho intramolecular Hbond substituents is 1. The monoisotopic (exact) mass is 309 g/mol. The zero-order chi connectivity index (χ0) is 16.1. The van der Waals surface area contributed by atoms with Crippen molar-refractivity contribution >= 4 is 17.5 Å². The Kier molecular flexibility index (Phi) is 4.74. The molecule has 1 aliphatic heterocycles. The van der Waals surface area contributed by atoms with Crippen molar-refractivity contribution < 1.29 is 14.6 Å². The Morgan fingerprint density at radius 2 is 1.87 bits per heavy atom. The summed E-state index contributed by atoms with van der Waals surface area (Å²) in [4.78, 5) is 14.6. The number of hydrogen-bond acceptors (Lipinski definition) is 4. The second-order valence-electron chi connectivity index (χ2n) is 5.44. The average molecular weight is 309 g/mol. The maximum atomic E-state index is 12.3. The molecule has 0 unspecified atom stereocenters. The van der Waals surface area contributed by atoms with Crippen LogP contribution in [0, 0.1) is 0 Å². The lowest BCUT2D eigenvalue weighted by atomic mass is 10.1. The maximum absolute atomic E-state index is 12.3. The Morgan fingerprint density at radius 1 is 1.09 bits per heavy atom. The Labute approximate surface area is 135 Å². The average Bonchev–Trinajstić information content (AvgIpc) is 2.61. The number of allylic oxidation sites excluding steroid dienone is 1. The van der Waals surface area contributed by atoms with Crippen LogP contribution in [-0.2, 0) is 4.74 Å². The number of ether oxygens (including phenoxy) is 1. The molecule has 2 aromatic rings. The number of anilines is 1. The topological polar surface area (TPSA) is 49.8 Å². The van der Waals surface area contributed by atoms with Crippen LogP contribution in [0.3, 0.4) is 0 Å². The van der Waals surface area contributed by atoms with Crippen molar-refractivity contribution in [3.8, 4) is 5.75 Å². The third-order valence-electron chi connectivity index (χ3n) is 3.80. The van der Waals surface area contributed by atoms with Gasteiger partial charge in [0.25, 0.3) is 0 Å². The van der Waals surface area contributed by atoms with E-state index in [0.717, 1.165) is 37.6 Å². The zero-order valence-electron chi connectivity index (χ0n) is 12.8. The number of nitrogens with zero attached hydrogens (tertiary/aromatic N) is 1. The Hall–Kier alpha value is -2.59. The molecule has 0 aliphatic carbocycles. The first-order valence-electron chi connectivity index (χ1n) is 7.66. The van der Waals surface area contributed by atoms with E-state index in [0.29, 0.717) is 5.56 Å². The Balaban J connectivity index is 1.74. The van der Waals surface area contributed by atoms with Gasteiger partial charge >= 0.3 is 0 Å². The van der Waals surface area contributed by atoms with Crippen molar-refractivity contribution in [3.63, 3.8) is 0 Å². The molecule has 0 amide bonds. The van der Waals surface area contributed by atoms with Gasteiger partial charge < -0.3 is 14.7 Å². The van der Waals surface area contributed by atoms with Crippen molar-refractivity contribution in [1.82, 2.24) is 0 Å². The summed E-state index contributed by atoms with van der Waals surface area (Å²) in [7, 11) is 0. The van der Waals surface area contributed by atoms with Crippen molar-refractivity contribution in [2.75, 3.05) is 31.2 Å². The number of carbonyl (C=O) groups excluding carboxylic acids is 1. The van der Waals surface area contributed by atoms with Crippen LogP contribution in [0.5, 0.6) is 5.75 Å². The fourth-order valence-electron chi connectivity index (χ4n) is 2.57. The van der Waals surface area contributed by atoms with Crippen LogP contribution in [-0.4, -0.2) is 37.2 Å². The van der Waals surface area contributed by atoms with Crippen LogP contribution < -0.4 is 4.90 Å². The van der Waals surface area contributed by atoms with Gasteiger partial charge in [0.05, 0.1) is 13.2 Å². The predicted molar refractivity (Wildman–Crippen MR) is 90.9 cm³/mol. The molecule has 4 nitrogen and oxygen atoms in total. The molecule has 1 heterocycles. The zero-order valence-corrected chi connectivity index (χ0v) is 12.8. The minimum atomic E-state index is -0.0524. The highest BCUT2D eigenvalue weighted by Gasteiger charge is 2.12. The fraction of sp³-hybridized carbons (Fsp3) is 0.211. The lowest BCUT2D eigenvalue weighted by Crippen LogP contribution is -2.36. The van der Waals surface area contributed by atoms with E-state index in [1.165, 1.54) is 6.08 Å². The summed E-state index contributed by atoms with van der Waals surface area (Å²) in [6.07, 6.45) is 3.25. The molecule has 2 aromatic carbocycles. The van der Waals surface area contributed by atoms with Crippen molar-refractivity contribution in [2.24, 2.45) is 0 Å². The first kappa shape index (κ1) is 15.3. The molecule has 4 heteroatoms. The van der Waals surface area contributed by atoms with Gasteiger partial charge in [-0.15, -0.1) is 0 Å². The molecule has 1 aliphatic rings. The third-order valence-corrected chi connectivity index (χ3v) is 3.80. The number of hydrogen-bond donors (Lipinski definition) is 1. The summed E-state index contributed by atoms with van der Waals surface area (Å²) in [5.74, 6) is 0.136. The molecule has 118 valence electrons. The minimum Gasteiger partial charge on any atom is -0.508 e. The van der Waals surface area contributed by atoms with E-state index in [1.54, 1.807) is 24.3 Å². The van der Waals surface area contributed by atoms with Gasteiger partial charge in [-0.3, -0.25) is 4.79 Å². The van der Waals surface area contributed by atoms with Gasteiger partial charge in [0.15, 0.2) is 5.78 Å². The maximum Gasteiger partial charge on any atom is 0.185 e. The molecule has 1 fully saturated rings. The third kappa shape index (κ3) is 3.99. The first-order valence-corrected chi connectivity index (χ1v) is 7.66. The van der Waals surface area contributed by atoms with Gasteiger partial charge in [0.2, 0.25) is 0 Å². The van der Waals surface area contributed by atoms with Crippen LogP contribution in [0.15, 0.2) is 54.6 Å². The van der Waals surface area contributed by atoms with E-state index in [9.17, 15) is 9.90 Å². The molecule has 0 spiro atoms. The molecular formula is C19H19NO3. The first-order chi connectivity index (χ1) is 11.2. The van der Waals surface area contributed by atoms with Gasteiger partial charge in [0, 0.05) is 24.3 Å². The normalized spacial score (nSPS) is 15.0. The van der Waals surface area contributed by atoms with Gasteiger partial charge in [-0.2, -0.15) is 0 Å². The van der Waals surface area contributed by atoms with Gasteiger partial charge in [0.1, 0.15) is 5.75 Å². The summed E-state index contributed by atoms with van der Waals surface area (Å²) in [5, 5.41) is 9.44. The van der Waals surface area contributed by atoms with Crippen LogP contribution in [0.2, 0.25) is 0 Å². The van der Waals surface area contributed by atoms with Crippen LogP contribution >= 0.6 is 0 Å². The fourth-order valence-corrected chi connectivity index (χ4v) is 2.57. The standard InChI is InChI=1S/C19H19NO3/c21-18-6-1-3-15(13-18)7-8-19(22)16-4-2-5-17(14-16)20-9-11-23-12-10-20/h1-8,13-14,21H,9-12H2/b8-7+. The lowest BCUT2D eigenvalue weighted by Gasteiger charge is -2.29. The molecule has 0 aromatic heterocycles. The molecule has 0 bridgehead atoms. The number of aromatic hydroxyl groups is 1. The molecule has 1 N–H and O–H groups in total. The molecule has 0 atom stereocenters. The second kappa shape index (κ2) is 7.11. The van der Waals surface area contributed by atoms with E-state index in [4.69, 9.17) is 4.74 Å².